The molecule has 1 heterocycles. The van der Waals surface area contributed by atoms with Gasteiger partial charge in [0.2, 0.25) is 5.88 Å². The summed E-state index contributed by atoms with van der Waals surface area (Å²) in [5, 5.41) is 0. The van der Waals surface area contributed by atoms with Gasteiger partial charge in [-0.15, -0.1) is 0 Å². The zero-order chi connectivity index (χ0) is 10.7. The summed E-state index contributed by atoms with van der Waals surface area (Å²) < 4.78 is 5.24. The van der Waals surface area contributed by atoms with E-state index in [0.717, 1.165) is 11.4 Å². The van der Waals surface area contributed by atoms with Crippen LogP contribution in [0.4, 0.5) is 0 Å². The number of ether oxygens (including phenoxy) is 1. The monoisotopic (exact) mass is 207 g/mol. The zero-order valence-electron chi connectivity index (χ0n) is 9.07. The second-order valence-corrected chi connectivity index (χ2v) is 3.94. The molecule has 15 heavy (non-hydrogen) atoms. The summed E-state index contributed by atoms with van der Waals surface area (Å²) in [5.74, 6) is 1.18. The average molecular weight is 207 g/mol. The molecule has 0 bridgehead atoms. The van der Waals surface area contributed by atoms with Crippen molar-refractivity contribution < 1.29 is 4.74 Å². The van der Waals surface area contributed by atoms with Gasteiger partial charge in [-0.1, -0.05) is 12.8 Å². The van der Waals surface area contributed by atoms with Crippen molar-refractivity contribution in [2.45, 2.75) is 38.1 Å². The van der Waals surface area contributed by atoms with E-state index < -0.39 is 0 Å². The van der Waals surface area contributed by atoms with Gasteiger partial charge in [-0.25, -0.2) is 9.97 Å². The van der Waals surface area contributed by atoms with Gasteiger partial charge in [0.15, 0.2) is 0 Å². The maximum absolute atomic E-state index is 5.57. The molecule has 1 aliphatic carbocycles. The average Bonchev–Trinajstić information content (AvgIpc) is 2.81. The maximum atomic E-state index is 5.57. The summed E-state index contributed by atoms with van der Waals surface area (Å²) in [6.45, 7) is 0.441. The van der Waals surface area contributed by atoms with Crippen LogP contribution in [0.5, 0.6) is 5.88 Å². The van der Waals surface area contributed by atoms with Crippen LogP contribution in [0.25, 0.3) is 0 Å². The molecule has 1 aliphatic rings. The number of nitrogens with two attached hydrogens (primary N) is 1. The fourth-order valence-corrected chi connectivity index (χ4v) is 2.15. The summed E-state index contributed by atoms with van der Waals surface area (Å²) in [7, 11) is 1.64. The maximum Gasteiger partial charge on any atom is 0.235 e. The summed E-state index contributed by atoms with van der Waals surface area (Å²) >= 11 is 0. The molecule has 2 N–H and O–H groups in total. The lowest BCUT2D eigenvalue weighted by Crippen LogP contribution is -2.08. The van der Waals surface area contributed by atoms with Gasteiger partial charge in [0, 0.05) is 12.5 Å². The van der Waals surface area contributed by atoms with Gasteiger partial charge in [-0.05, 0) is 12.8 Å². The molecule has 82 valence electrons. The van der Waals surface area contributed by atoms with E-state index in [1.165, 1.54) is 25.7 Å². The quantitative estimate of drug-likeness (QED) is 0.817. The highest BCUT2D eigenvalue weighted by Gasteiger charge is 2.23. The first-order chi connectivity index (χ1) is 7.35. The lowest BCUT2D eigenvalue weighted by Gasteiger charge is -2.12. The predicted octanol–water partition coefficient (Wildman–Crippen LogP) is 1.60. The van der Waals surface area contributed by atoms with Crippen molar-refractivity contribution in [1.29, 1.82) is 0 Å². The normalized spacial score (nSPS) is 16.9. The number of hydrogen-bond acceptors (Lipinski definition) is 4. The van der Waals surface area contributed by atoms with Crippen LogP contribution in [0.1, 0.15) is 43.0 Å². The van der Waals surface area contributed by atoms with Crippen LogP contribution < -0.4 is 10.5 Å². The molecule has 0 amide bonds. The topological polar surface area (TPSA) is 61.0 Å². The van der Waals surface area contributed by atoms with Crippen LogP contribution in [0, 0.1) is 0 Å². The summed E-state index contributed by atoms with van der Waals surface area (Å²) in [5.41, 5.74) is 7.41. The second kappa shape index (κ2) is 4.57. The number of aromatic nitrogens is 2. The highest BCUT2D eigenvalue weighted by molar-refractivity contribution is 5.24. The van der Waals surface area contributed by atoms with Crippen molar-refractivity contribution in [3.05, 3.63) is 17.6 Å². The van der Waals surface area contributed by atoms with E-state index in [1.54, 1.807) is 13.3 Å². The molecule has 0 atom stereocenters. The SMILES string of the molecule is COc1ncc(CN)nc1C1CCCC1. The van der Waals surface area contributed by atoms with Crippen LogP contribution in [0.15, 0.2) is 6.20 Å². The summed E-state index contributed by atoms with van der Waals surface area (Å²) in [6.07, 6.45) is 6.64. The Bertz CT molecular complexity index is 335. The first-order valence-corrected chi connectivity index (χ1v) is 5.45. The van der Waals surface area contributed by atoms with E-state index in [9.17, 15) is 0 Å². The Hall–Kier alpha value is -1.16. The molecule has 1 aromatic heterocycles. The molecule has 0 radical (unpaired) electrons. The summed E-state index contributed by atoms with van der Waals surface area (Å²) in [6, 6.07) is 0. The smallest absolute Gasteiger partial charge is 0.235 e. The van der Waals surface area contributed by atoms with Crippen LogP contribution in [0.3, 0.4) is 0 Å². The third-order valence-corrected chi connectivity index (χ3v) is 2.96. The minimum atomic E-state index is 0.441. The summed E-state index contributed by atoms with van der Waals surface area (Å²) in [4.78, 5) is 8.78. The Morgan fingerprint density at radius 2 is 2.20 bits per heavy atom. The largest absolute Gasteiger partial charge is 0.480 e. The minimum Gasteiger partial charge on any atom is -0.480 e. The van der Waals surface area contributed by atoms with Crippen molar-refractivity contribution >= 4 is 0 Å². The second-order valence-electron chi connectivity index (χ2n) is 3.94. The van der Waals surface area contributed by atoms with E-state index >= 15 is 0 Å². The van der Waals surface area contributed by atoms with E-state index in [2.05, 4.69) is 9.97 Å². The first kappa shape index (κ1) is 10.4. The molecule has 0 saturated heterocycles. The van der Waals surface area contributed by atoms with Crippen LogP contribution >= 0.6 is 0 Å². The van der Waals surface area contributed by atoms with E-state index in [1.807, 2.05) is 0 Å². The highest BCUT2D eigenvalue weighted by Crippen LogP contribution is 2.36. The van der Waals surface area contributed by atoms with Gasteiger partial charge in [-0.2, -0.15) is 0 Å². The van der Waals surface area contributed by atoms with Crippen molar-refractivity contribution in [3.63, 3.8) is 0 Å². The van der Waals surface area contributed by atoms with Gasteiger partial charge < -0.3 is 10.5 Å². The number of hydrogen-bond donors (Lipinski definition) is 1. The van der Waals surface area contributed by atoms with Gasteiger partial charge in [0.1, 0.15) is 5.69 Å². The molecular formula is C11H17N3O. The minimum absolute atomic E-state index is 0.441. The van der Waals surface area contributed by atoms with Crippen LogP contribution in [-0.2, 0) is 6.54 Å². The Morgan fingerprint density at radius 1 is 1.47 bits per heavy atom. The molecule has 4 heteroatoms. The zero-order valence-corrected chi connectivity index (χ0v) is 9.07. The third-order valence-electron chi connectivity index (χ3n) is 2.96. The Balaban J connectivity index is 2.32. The van der Waals surface area contributed by atoms with Gasteiger partial charge >= 0.3 is 0 Å². The first-order valence-electron chi connectivity index (χ1n) is 5.45. The van der Waals surface area contributed by atoms with E-state index in [0.29, 0.717) is 18.3 Å². The van der Waals surface area contributed by atoms with Gasteiger partial charge in [-0.3, -0.25) is 0 Å². The fourth-order valence-electron chi connectivity index (χ4n) is 2.15. The molecular weight excluding hydrogens is 190 g/mol. The molecule has 0 aliphatic heterocycles. The van der Waals surface area contributed by atoms with Crippen LogP contribution in [-0.4, -0.2) is 17.1 Å². The Morgan fingerprint density at radius 3 is 2.80 bits per heavy atom. The third kappa shape index (κ3) is 2.09. The molecule has 0 aromatic carbocycles. The Labute approximate surface area is 89.9 Å². The number of methoxy groups -OCH3 is 1. The highest BCUT2D eigenvalue weighted by atomic mass is 16.5. The van der Waals surface area contributed by atoms with Gasteiger partial charge in [0.25, 0.3) is 0 Å². The standard InChI is InChI=1S/C11H17N3O/c1-15-11-10(8-4-2-3-5-8)14-9(6-12)7-13-11/h7-8H,2-6,12H2,1H3. The van der Waals surface area contributed by atoms with E-state index in [-0.39, 0.29) is 0 Å². The van der Waals surface area contributed by atoms with Crippen molar-refractivity contribution in [2.75, 3.05) is 7.11 Å². The molecule has 1 fully saturated rings. The molecule has 1 aromatic rings. The molecule has 0 unspecified atom stereocenters. The lowest BCUT2D eigenvalue weighted by atomic mass is 10.0. The van der Waals surface area contributed by atoms with Crippen molar-refractivity contribution in [2.24, 2.45) is 5.73 Å². The predicted molar refractivity (Wildman–Crippen MR) is 57.7 cm³/mol. The Kier molecular flexibility index (Phi) is 3.16. The van der Waals surface area contributed by atoms with Crippen LogP contribution in [0.2, 0.25) is 0 Å². The molecule has 0 spiro atoms. The number of rotatable bonds is 3. The fraction of sp³-hybridized carbons (Fsp3) is 0.636. The lowest BCUT2D eigenvalue weighted by molar-refractivity contribution is 0.383. The molecule has 2 rings (SSSR count). The van der Waals surface area contributed by atoms with Gasteiger partial charge in [0.05, 0.1) is 19.0 Å². The molecule has 4 nitrogen and oxygen atoms in total. The van der Waals surface area contributed by atoms with E-state index in [4.69, 9.17) is 10.5 Å². The van der Waals surface area contributed by atoms with Crippen molar-refractivity contribution in [3.8, 4) is 5.88 Å². The molecule has 1 saturated carbocycles. The number of nitrogens with zero attached hydrogens (tertiary/aromatic N) is 2. The van der Waals surface area contributed by atoms with Crippen molar-refractivity contribution in [1.82, 2.24) is 9.97 Å².